The number of hydrogen-bond donors (Lipinski definition) is 2. The van der Waals surface area contributed by atoms with Gasteiger partial charge in [-0.25, -0.2) is 13.5 Å². The maximum Gasteiger partial charge on any atom is 0.256 e. The fourth-order valence-corrected chi connectivity index (χ4v) is 4.40. The average molecular weight is 422 g/mol. The molecular formula is C19H20F2N4O3S. The summed E-state index contributed by atoms with van der Waals surface area (Å²) >= 11 is 1.65. The highest BCUT2D eigenvalue weighted by molar-refractivity contribution is 7.98. The van der Waals surface area contributed by atoms with E-state index in [1.54, 1.807) is 11.8 Å². The van der Waals surface area contributed by atoms with Crippen LogP contribution in [0.1, 0.15) is 34.5 Å². The third-order valence-corrected chi connectivity index (χ3v) is 5.85. The summed E-state index contributed by atoms with van der Waals surface area (Å²) in [7, 11) is 0. The predicted molar refractivity (Wildman–Crippen MR) is 104 cm³/mol. The van der Waals surface area contributed by atoms with Gasteiger partial charge in [0.25, 0.3) is 5.91 Å². The highest BCUT2D eigenvalue weighted by Crippen LogP contribution is 2.34. The fourth-order valence-electron chi connectivity index (χ4n) is 3.36. The Morgan fingerprint density at radius 1 is 1.28 bits per heavy atom. The summed E-state index contributed by atoms with van der Waals surface area (Å²) in [6, 6.07) is 2.95. The first-order valence-electron chi connectivity index (χ1n) is 9.32. The number of aromatic nitrogens is 2. The Morgan fingerprint density at radius 2 is 2.14 bits per heavy atom. The Balaban J connectivity index is 1.48. The number of carbonyl (C=O) groups is 2. The molecule has 0 unspecified atom stereocenters. The number of amides is 2. The molecule has 2 aliphatic heterocycles. The first-order valence-corrected chi connectivity index (χ1v) is 10.5. The molecule has 29 heavy (non-hydrogen) atoms. The molecule has 1 aromatic heterocycles. The van der Waals surface area contributed by atoms with Crippen LogP contribution in [0.4, 0.5) is 14.6 Å². The maximum atomic E-state index is 13.5. The van der Waals surface area contributed by atoms with Crippen LogP contribution in [0.15, 0.2) is 18.2 Å². The Hall–Kier alpha value is -2.46. The molecule has 2 aliphatic rings. The number of benzene rings is 1. The standard InChI is InChI=1S/C19H20F2N4O3S/c20-14-4-3-11(6-15(14)21)19(27)23-18-13-9-29-10-16(13)24-25(18)8-17(26)22-7-12-2-1-5-28-12/h3-4,6,12H,1-2,5,7-10H2,(H,22,26)(H,23,27)/t12-/m1/s1. The van der Waals surface area contributed by atoms with Gasteiger partial charge in [-0.05, 0) is 31.0 Å². The van der Waals surface area contributed by atoms with Crippen molar-refractivity contribution in [2.75, 3.05) is 18.5 Å². The highest BCUT2D eigenvalue weighted by Gasteiger charge is 2.26. The molecule has 0 aliphatic carbocycles. The zero-order valence-electron chi connectivity index (χ0n) is 15.5. The molecule has 1 fully saturated rings. The largest absolute Gasteiger partial charge is 0.376 e. The SMILES string of the molecule is O=C(Cn1nc2c(c1NC(=O)c1ccc(F)c(F)c1)CSC2)NC[C@H]1CCCO1. The van der Waals surface area contributed by atoms with Gasteiger partial charge in [-0.15, -0.1) is 0 Å². The zero-order chi connectivity index (χ0) is 20.4. The van der Waals surface area contributed by atoms with Crippen molar-refractivity contribution in [3.8, 4) is 0 Å². The zero-order valence-corrected chi connectivity index (χ0v) is 16.4. The second-order valence-corrected chi connectivity index (χ2v) is 7.93. The molecule has 2 amide bonds. The molecule has 10 heteroatoms. The second-order valence-electron chi connectivity index (χ2n) is 6.95. The van der Waals surface area contributed by atoms with Gasteiger partial charge in [0.2, 0.25) is 5.91 Å². The minimum Gasteiger partial charge on any atom is -0.376 e. The summed E-state index contributed by atoms with van der Waals surface area (Å²) in [5.74, 6) is -1.20. The molecule has 3 heterocycles. The van der Waals surface area contributed by atoms with E-state index >= 15 is 0 Å². The van der Waals surface area contributed by atoms with Gasteiger partial charge in [0.1, 0.15) is 12.4 Å². The summed E-state index contributed by atoms with van der Waals surface area (Å²) in [6.07, 6.45) is 1.94. The van der Waals surface area contributed by atoms with Crippen LogP contribution in [-0.2, 0) is 27.6 Å². The van der Waals surface area contributed by atoms with Crippen molar-refractivity contribution in [1.82, 2.24) is 15.1 Å². The smallest absolute Gasteiger partial charge is 0.256 e. The van der Waals surface area contributed by atoms with Crippen molar-refractivity contribution >= 4 is 29.4 Å². The number of rotatable bonds is 6. The van der Waals surface area contributed by atoms with Crippen molar-refractivity contribution in [3.05, 3.63) is 46.7 Å². The van der Waals surface area contributed by atoms with Gasteiger partial charge in [0.05, 0.1) is 11.8 Å². The number of nitrogens with one attached hydrogen (secondary N) is 2. The monoisotopic (exact) mass is 422 g/mol. The minimum atomic E-state index is -1.10. The molecule has 0 spiro atoms. The molecule has 4 rings (SSSR count). The minimum absolute atomic E-state index is 0.0149. The van der Waals surface area contributed by atoms with Crippen molar-refractivity contribution < 1.29 is 23.1 Å². The third-order valence-electron chi connectivity index (χ3n) is 4.88. The van der Waals surface area contributed by atoms with Crippen molar-refractivity contribution in [2.24, 2.45) is 0 Å². The lowest BCUT2D eigenvalue weighted by molar-refractivity contribution is -0.122. The second kappa shape index (κ2) is 8.50. The normalized spacial score (nSPS) is 17.9. The van der Waals surface area contributed by atoms with E-state index in [1.807, 2.05) is 0 Å². The molecule has 0 bridgehead atoms. The van der Waals surface area contributed by atoms with Gasteiger partial charge in [-0.1, -0.05) is 0 Å². The van der Waals surface area contributed by atoms with Crippen LogP contribution in [0.5, 0.6) is 0 Å². The first-order chi connectivity index (χ1) is 14.0. The lowest BCUT2D eigenvalue weighted by atomic mass is 10.2. The molecule has 1 atom stereocenters. The molecule has 0 radical (unpaired) electrons. The fraction of sp³-hybridized carbons (Fsp3) is 0.421. The number of halogens is 2. The molecular weight excluding hydrogens is 402 g/mol. The molecule has 1 saturated heterocycles. The lowest BCUT2D eigenvalue weighted by Crippen LogP contribution is -2.34. The van der Waals surface area contributed by atoms with Crippen LogP contribution >= 0.6 is 11.8 Å². The van der Waals surface area contributed by atoms with Gasteiger partial charge in [-0.2, -0.15) is 16.9 Å². The summed E-state index contributed by atoms with van der Waals surface area (Å²) in [6.45, 7) is 1.09. The molecule has 1 aromatic carbocycles. The van der Waals surface area contributed by atoms with E-state index in [0.717, 1.165) is 36.2 Å². The number of fused-ring (bicyclic) bond motifs is 1. The van der Waals surface area contributed by atoms with Crippen LogP contribution < -0.4 is 10.6 Å². The van der Waals surface area contributed by atoms with E-state index < -0.39 is 17.5 Å². The van der Waals surface area contributed by atoms with Crippen molar-refractivity contribution in [2.45, 2.75) is 37.0 Å². The van der Waals surface area contributed by atoms with Crippen molar-refractivity contribution in [3.63, 3.8) is 0 Å². The van der Waals surface area contributed by atoms with E-state index in [1.165, 1.54) is 10.7 Å². The third kappa shape index (κ3) is 4.43. The summed E-state index contributed by atoms with van der Waals surface area (Å²) in [5, 5.41) is 9.98. The quantitative estimate of drug-likeness (QED) is 0.747. The molecule has 2 N–H and O–H groups in total. The van der Waals surface area contributed by atoms with E-state index in [0.29, 0.717) is 30.5 Å². The summed E-state index contributed by atoms with van der Waals surface area (Å²) in [4.78, 5) is 24.9. The Bertz CT molecular complexity index is 944. The van der Waals surface area contributed by atoms with Crippen LogP contribution in [0.3, 0.4) is 0 Å². The highest BCUT2D eigenvalue weighted by atomic mass is 32.2. The van der Waals surface area contributed by atoms with Gasteiger partial charge < -0.3 is 15.4 Å². The van der Waals surface area contributed by atoms with Gasteiger partial charge >= 0.3 is 0 Å². The number of anilines is 1. The van der Waals surface area contributed by atoms with Gasteiger partial charge in [0, 0.05) is 35.8 Å². The molecule has 2 aromatic rings. The lowest BCUT2D eigenvalue weighted by Gasteiger charge is -2.13. The van der Waals surface area contributed by atoms with Crippen LogP contribution in [0.2, 0.25) is 0 Å². The van der Waals surface area contributed by atoms with Crippen LogP contribution in [0, 0.1) is 11.6 Å². The number of carbonyl (C=O) groups excluding carboxylic acids is 2. The van der Waals surface area contributed by atoms with Crippen LogP contribution in [0.25, 0.3) is 0 Å². The maximum absolute atomic E-state index is 13.5. The number of nitrogens with zero attached hydrogens (tertiary/aromatic N) is 2. The van der Waals surface area contributed by atoms with Gasteiger partial charge in [-0.3, -0.25) is 9.59 Å². The van der Waals surface area contributed by atoms with Gasteiger partial charge in [0.15, 0.2) is 11.6 Å². The first kappa shape index (κ1) is 19.8. The predicted octanol–water partition coefficient (Wildman–Crippen LogP) is 2.46. The van der Waals surface area contributed by atoms with Crippen LogP contribution in [-0.4, -0.2) is 40.9 Å². The Morgan fingerprint density at radius 3 is 2.90 bits per heavy atom. The number of ether oxygens (including phenoxy) is 1. The average Bonchev–Trinajstić information content (AvgIpc) is 3.42. The Labute approximate surface area is 170 Å². The Kier molecular flexibility index (Phi) is 5.81. The molecule has 0 saturated carbocycles. The molecule has 154 valence electrons. The van der Waals surface area contributed by atoms with E-state index in [9.17, 15) is 18.4 Å². The summed E-state index contributed by atoms with van der Waals surface area (Å²) in [5.41, 5.74) is 1.64. The van der Waals surface area contributed by atoms with E-state index in [-0.39, 0.29) is 24.1 Å². The van der Waals surface area contributed by atoms with Crippen molar-refractivity contribution in [1.29, 1.82) is 0 Å². The number of thioether (sulfide) groups is 1. The van der Waals surface area contributed by atoms with E-state index in [2.05, 4.69) is 15.7 Å². The van der Waals surface area contributed by atoms with E-state index in [4.69, 9.17) is 4.74 Å². The number of hydrogen-bond acceptors (Lipinski definition) is 5. The molecule has 7 nitrogen and oxygen atoms in total. The topological polar surface area (TPSA) is 85.2 Å². The summed E-state index contributed by atoms with van der Waals surface area (Å²) < 4.78 is 33.5.